The molecule has 1 heterocycles. The predicted molar refractivity (Wildman–Crippen MR) is 104 cm³/mol. The van der Waals surface area contributed by atoms with Crippen molar-refractivity contribution in [2.45, 2.75) is 64.1 Å². The van der Waals surface area contributed by atoms with Gasteiger partial charge < -0.3 is 15.4 Å². The van der Waals surface area contributed by atoms with Crippen LogP contribution in [0.3, 0.4) is 0 Å². The Morgan fingerprint density at radius 1 is 1.15 bits per heavy atom. The van der Waals surface area contributed by atoms with Crippen LogP contribution >= 0.6 is 0 Å². The van der Waals surface area contributed by atoms with Crippen LogP contribution in [0.15, 0.2) is 24.3 Å². The molecule has 1 aliphatic carbocycles. The number of rotatable bonds is 4. The van der Waals surface area contributed by atoms with Crippen molar-refractivity contribution in [1.29, 1.82) is 0 Å². The molecular weight excluding hydrogens is 326 g/mol. The molecule has 0 bridgehead atoms. The zero-order chi connectivity index (χ0) is 18.9. The fraction of sp³-hybridized carbons (Fsp3) is 0.667. The molecule has 1 saturated heterocycles. The van der Waals surface area contributed by atoms with E-state index in [4.69, 9.17) is 10.5 Å². The molecule has 5 heteroatoms. The van der Waals surface area contributed by atoms with Crippen LogP contribution in [0.4, 0.5) is 4.79 Å². The summed E-state index contributed by atoms with van der Waals surface area (Å²) in [6.45, 7) is 11.1. The van der Waals surface area contributed by atoms with Crippen molar-refractivity contribution in [2.24, 2.45) is 5.73 Å². The van der Waals surface area contributed by atoms with Crippen molar-refractivity contribution >= 4 is 6.09 Å². The molecule has 2 aliphatic rings. The van der Waals surface area contributed by atoms with Crippen LogP contribution in [0.1, 0.15) is 64.1 Å². The largest absolute Gasteiger partial charge is 0.444 e. The average molecular weight is 360 g/mol. The molecule has 0 aromatic heterocycles. The van der Waals surface area contributed by atoms with Crippen LogP contribution < -0.4 is 5.73 Å². The van der Waals surface area contributed by atoms with E-state index in [0.29, 0.717) is 6.04 Å². The summed E-state index contributed by atoms with van der Waals surface area (Å²) in [5, 5.41) is 0. The first-order valence-corrected chi connectivity index (χ1v) is 9.83. The number of hydrogen-bond acceptors (Lipinski definition) is 4. The van der Waals surface area contributed by atoms with Gasteiger partial charge in [-0.05, 0) is 51.2 Å². The summed E-state index contributed by atoms with van der Waals surface area (Å²) < 4.78 is 5.49. The van der Waals surface area contributed by atoms with Crippen LogP contribution in [-0.2, 0) is 10.3 Å². The third-order valence-electron chi connectivity index (χ3n) is 5.45. The van der Waals surface area contributed by atoms with E-state index in [-0.39, 0.29) is 11.6 Å². The van der Waals surface area contributed by atoms with E-state index in [1.54, 1.807) is 0 Å². The van der Waals surface area contributed by atoms with Gasteiger partial charge >= 0.3 is 6.09 Å². The van der Waals surface area contributed by atoms with Crippen molar-refractivity contribution in [3.05, 3.63) is 35.4 Å². The number of benzene rings is 1. The van der Waals surface area contributed by atoms with Crippen molar-refractivity contribution in [3.8, 4) is 0 Å². The first kappa shape index (κ1) is 19.2. The monoisotopic (exact) mass is 359 g/mol. The smallest absolute Gasteiger partial charge is 0.410 e. The van der Waals surface area contributed by atoms with Gasteiger partial charge in [0.2, 0.25) is 0 Å². The number of nitrogens with zero attached hydrogens (tertiary/aromatic N) is 2. The van der Waals surface area contributed by atoms with Gasteiger partial charge in [0.05, 0.1) is 0 Å². The summed E-state index contributed by atoms with van der Waals surface area (Å²) in [7, 11) is 0. The van der Waals surface area contributed by atoms with Crippen molar-refractivity contribution < 1.29 is 9.53 Å². The normalized spacial score (nSPS) is 21.3. The zero-order valence-electron chi connectivity index (χ0n) is 16.6. The number of amides is 1. The molecule has 144 valence electrons. The lowest BCUT2D eigenvalue weighted by molar-refractivity contribution is 0.00998. The van der Waals surface area contributed by atoms with E-state index in [1.165, 1.54) is 11.1 Å². The maximum Gasteiger partial charge on any atom is 0.410 e. The summed E-state index contributed by atoms with van der Waals surface area (Å²) in [4.78, 5) is 16.5. The van der Waals surface area contributed by atoms with E-state index in [1.807, 2.05) is 25.7 Å². The Bertz CT molecular complexity index is 624. The van der Waals surface area contributed by atoms with Gasteiger partial charge in [0.15, 0.2) is 0 Å². The fourth-order valence-electron chi connectivity index (χ4n) is 3.71. The summed E-state index contributed by atoms with van der Waals surface area (Å²) in [6.07, 6.45) is 3.04. The summed E-state index contributed by atoms with van der Waals surface area (Å²) in [5.74, 6) is 0. The minimum absolute atomic E-state index is 0.0702. The van der Waals surface area contributed by atoms with Gasteiger partial charge in [-0.1, -0.05) is 31.2 Å². The molecule has 1 aromatic carbocycles. The lowest BCUT2D eigenvalue weighted by atomic mass is 9.97. The van der Waals surface area contributed by atoms with Crippen LogP contribution in [0.5, 0.6) is 0 Å². The van der Waals surface area contributed by atoms with Crippen molar-refractivity contribution in [2.75, 3.05) is 26.2 Å². The number of nitrogens with two attached hydrogens (primary N) is 1. The topological polar surface area (TPSA) is 58.8 Å². The number of ether oxygens (including phenoxy) is 1. The number of carbonyl (C=O) groups is 1. The molecule has 26 heavy (non-hydrogen) atoms. The van der Waals surface area contributed by atoms with Crippen molar-refractivity contribution in [1.82, 2.24) is 9.80 Å². The molecule has 2 N–H and O–H groups in total. The summed E-state index contributed by atoms with van der Waals surface area (Å²) >= 11 is 0. The molecular formula is C21H33N3O2. The first-order valence-electron chi connectivity index (χ1n) is 9.83. The van der Waals surface area contributed by atoms with Gasteiger partial charge in [-0.3, -0.25) is 4.90 Å². The van der Waals surface area contributed by atoms with E-state index in [2.05, 4.69) is 36.1 Å². The Morgan fingerprint density at radius 2 is 1.73 bits per heavy atom. The first-order chi connectivity index (χ1) is 12.2. The highest BCUT2D eigenvalue weighted by atomic mass is 16.6. The second-order valence-electron chi connectivity index (χ2n) is 8.71. The van der Waals surface area contributed by atoms with Gasteiger partial charge in [0, 0.05) is 37.8 Å². The van der Waals surface area contributed by atoms with E-state index < -0.39 is 5.60 Å². The van der Waals surface area contributed by atoms with Gasteiger partial charge in [0.1, 0.15) is 5.60 Å². The second kappa shape index (κ2) is 7.20. The lowest BCUT2D eigenvalue weighted by Crippen LogP contribution is -2.50. The number of carbonyl (C=O) groups excluding carboxylic acids is 1. The molecule has 5 nitrogen and oxygen atoms in total. The van der Waals surface area contributed by atoms with Gasteiger partial charge in [0.25, 0.3) is 0 Å². The van der Waals surface area contributed by atoms with E-state index in [9.17, 15) is 4.79 Å². The van der Waals surface area contributed by atoms with Crippen LogP contribution in [0, 0.1) is 0 Å². The molecule has 2 fully saturated rings. The Labute approximate surface area is 157 Å². The molecule has 1 aromatic rings. The molecule has 0 spiro atoms. The maximum absolute atomic E-state index is 12.2. The maximum atomic E-state index is 12.2. The molecule has 3 rings (SSSR count). The van der Waals surface area contributed by atoms with Crippen LogP contribution in [-0.4, -0.2) is 47.7 Å². The Hall–Kier alpha value is -1.59. The summed E-state index contributed by atoms with van der Waals surface area (Å²) in [5.41, 5.74) is 8.38. The van der Waals surface area contributed by atoms with Crippen LogP contribution in [0.2, 0.25) is 0 Å². The number of hydrogen-bond donors (Lipinski definition) is 1. The van der Waals surface area contributed by atoms with Gasteiger partial charge in [-0.15, -0.1) is 0 Å². The quantitative estimate of drug-likeness (QED) is 0.892. The molecule has 1 amide bonds. The Morgan fingerprint density at radius 3 is 2.19 bits per heavy atom. The van der Waals surface area contributed by atoms with Gasteiger partial charge in [-0.2, -0.15) is 0 Å². The standard InChI is InChI=1S/C21H33N3O2/c1-5-18(16-6-8-17(9-7-16)21(22)10-11-21)23-12-14-24(15-13-23)19(25)26-20(2,3)4/h6-9,18H,5,10-15,22H2,1-4H3. The molecule has 1 atom stereocenters. The lowest BCUT2D eigenvalue weighted by Gasteiger charge is -2.39. The highest BCUT2D eigenvalue weighted by molar-refractivity contribution is 5.68. The third-order valence-corrected chi connectivity index (χ3v) is 5.45. The van der Waals surface area contributed by atoms with Crippen LogP contribution in [0.25, 0.3) is 0 Å². The minimum Gasteiger partial charge on any atom is -0.444 e. The molecule has 0 radical (unpaired) electrons. The minimum atomic E-state index is -0.441. The predicted octanol–water partition coefficient (Wildman–Crippen LogP) is 3.64. The zero-order valence-corrected chi connectivity index (χ0v) is 16.6. The highest BCUT2D eigenvalue weighted by Gasteiger charge is 2.40. The Kier molecular flexibility index (Phi) is 5.31. The van der Waals surface area contributed by atoms with Crippen molar-refractivity contribution in [3.63, 3.8) is 0 Å². The SMILES string of the molecule is CCC(c1ccc(C2(N)CC2)cc1)N1CCN(C(=O)OC(C)(C)C)CC1. The summed E-state index contributed by atoms with van der Waals surface area (Å²) in [6, 6.07) is 9.25. The average Bonchev–Trinajstić information content (AvgIpc) is 3.34. The number of piperazine rings is 1. The van der Waals surface area contributed by atoms with Gasteiger partial charge in [-0.25, -0.2) is 4.79 Å². The third kappa shape index (κ3) is 4.38. The molecule has 1 unspecified atom stereocenters. The molecule has 1 aliphatic heterocycles. The fourth-order valence-corrected chi connectivity index (χ4v) is 3.71. The van der Waals surface area contributed by atoms with E-state index >= 15 is 0 Å². The second-order valence-corrected chi connectivity index (χ2v) is 8.71. The molecule has 1 saturated carbocycles. The highest BCUT2D eigenvalue weighted by Crippen LogP contribution is 2.43. The Balaban J connectivity index is 1.59. The van der Waals surface area contributed by atoms with E-state index in [0.717, 1.165) is 45.4 Å².